The summed E-state index contributed by atoms with van der Waals surface area (Å²) in [4.78, 5) is 0. The largest absolute Gasteiger partial charge is 0.374 e. The van der Waals surface area contributed by atoms with E-state index >= 15 is 0 Å². The van der Waals surface area contributed by atoms with Gasteiger partial charge in [-0.1, -0.05) is 37.6 Å². The van der Waals surface area contributed by atoms with Crippen molar-refractivity contribution in [3.8, 4) is 0 Å². The first-order valence-corrected chi connectivity index (χ1v) is 7.93. The number of benzene rings is 1. The topological polar surface area (TPSA) is 21.3 Å². The summed E-state index contributed by atoms with van der Waals surface area (Å²) in [5.74, 6) is 0. The van der Waals surface area contributed by atoms with Crippen LogP contribution in [0.25, 0.3) is 0 Å². The third kappa shape index (κ3) is 4.07. The highest BCUT2D eigenvalue weighted by Gasteiger charge is 2.34. The Morgan fingerprint density at radius 2 is 1.90 bits per heavy atom. The Labute approximate surface area is 124 Å². The fraction of sp³-hybridized carbons (Fsp3) is 0.667. The van der Waals surface area contributed by atoms with E-state index in [-0.39, 0.29) is 11.6 Å². The minimum absolute atomic E-state index is 0.164. The molecule has 2 heteroatoms. The fourth-order valence-electron chi connectivity index (χ4n) is 2.73. The van der Waals surface area contributed by atoms with Gasteiger partial charge >= 0.3 is 0 Å². The molecule has 0 bridgehead atoms. The molecule has 1 aromatic carbocycles. The minimum Gasteiger partial charge on any atom is -0.374 e. The molecule has 0 aliphatic carbocycles. The maximum atomic E-state index is 6.12. The van der Waals surface area contributed by atoms with Crippen LogP contribution in [-0.4, -0.2) is 18.8 Å². The minimum atomic E-state index is -0.164. The van der Waals surface area contributed by atoms with E-state index in [0.29, 0.717) is 0 Å². The van der Waals surface area contributed by atoms with Crippen LogP contribution in [0.3, 0.4) is 0 Å². The summed E-state index contributed by atoms with van der Waals surface area (Å²) in [5.41, 5.74) is 3.85. The van der Waals surface area contributed by atoms with Crippen LogP contribution in [0, 0.1) is 13.8 Å². The third-order valence-electron chi connectivity index (χ3n) is 4.13. The molecule has 0 saturated carbocycles. The van der Waals surface area contributed by atoms with Crippen LogP contribution in [0.5, 0.6) is 0 Å². The second-order valence-corrected chi connectivity index (χ2v) is 5.85. The second-order valence-electron chi connectivity index (χ2n) is 5.85. The van der Waals surface area contributed by atoms with Gasteiger partial charge in [0, 0.05) is 6.61 Å². The molecule has 0 amide bonds. The van der Waals surface area contributed by atoms with Crippen LogP contribution in [0.1, 0.15) is 63.3 Å². The lowest BCUT2D eigenvalue weighted by atomic mass is 9.84. The Balaban J connectivity index is 3.19. The molecule has 0 saturated heterocycles. The second kappa shape index (κ2) is 7.80. The number of hydrogen-bond acceptors (Lipinski definition) is 2. The first kappa shape index (κ1) is 17.2. The van der Waals surface area contributed by atoms with Crippen molar-refractivity contribution in [2.75, 3.05) is 13.2 Å². The van der Waals surface area contributed by atoms with E-state index in [9.17, 15) is 0 Å². The molecule has 1 rings (SSSR count). The standard InChI is InChI=1S/C18H31NO/c1-7-12-19-17(18(6,8-2)20-9-3)16-13-14(4)10-11-15(16)5/h10-11,13,17,19H,7-9,12H2,1-6H3. The highest BCUT2D eigenvalue weighted by atomic mass is 16.5. The summed E-state index contributed by atoms with van der Waals surface area (Å²) in [6.45, 7) is 14.8. The van der Waals surface area contributed by atoms with Crippen LogP contribution in [0.15, 0.2) is 18.2 Å². The molecular formula is C18H31NO. The molecule has 0 spiro atoms. The number of rotatable bonds is 8. The van der Waals surface area contributed by atoms with Gasteiger partial charge in [0.05, 0.1) is 11.6 Å². The molecule has 20 heavy (non-hydrogen) atoms. The quantitative estimate of drug-likeness (QED) is 0.752. The smallest absolute Gasteiger partial charge is 0.0845 e. The van der Waals surface area contributed by atoms with Crippen LogP contribution in [0.2, 0.25) is 0 Å². The number of aryl methyl sites for hydroxylation is 2. The molecule has 2 atom stereocenters. The zero-order valence-electron chi connectivity index (χ0n) is 14.0. The Hall–Kier alpha value is -0.860. The van der Waals surface area contributed by atoms with Crippen molar-refractivity contribution in [1.29, 1.82) is 0 Å². The first-order valence-electron chi connectivity index (χ1n) is 7.93. The van der Waals surface area contributed by atoms with Crippen molar-refractivity contribution in [2.45, 2.75) is 66.0 Å². The SMILES string of the molecule is CCCNC(c1cc(C)ccc1C)C(C)(CC)OCC. The van der Waals surface area contributed by atoms with Gasteiger partial charge in [0.25, 0.3) is 0 Å². The molecular weight excluding hydrogens is 246 g/mol. The van der Waals surface area contributed by atoms with Gasteiger partial charge in [-0.2, -0.15) is 0 Å². The van der Waals surface area contributed by atoms with Crippen molar-refractivity contribution in [1.82, 2.24) is 5.32 Å². The Morgan fingerprint density at radius 3 is 2.45 bits per heavy atom. The highest BCUT2D eigenvalue weighted by molar-refractivity contribution is 5.34. The van der Waals surface area contributed by atoms with Gasteiger partial charge in [0.1, 0.15) is 0 Å². The summed E-state index contributed by atoms with van der Waals surface area (Å²) in [7, 11) is 0. The lowest BCUT2D eigenvalue weighted by Crippen LogP contribution is -2.44. The van der Waals surface area contributed by atoms with Crippen molar-refractivity contribution in [3.05, 3.63) is 34.9 Å². The van der Waals surface area contributed by atoms with Gasteiger partial charge in [-0.05, 0) is 58.2 Å². The summed E-state index contributed by atoms with van der Waals surface area (Å²) in [6, 6.07) is 6.94. The molecule has 114 valence electrons. The molecule has 0 aromatic heterocycles. The fourth-order valence-corrected chi connectivity index (χ4v) is 2.73. The Morgan fingerprint density at radius 1 is 1.20 bits per heavy atom. The van der Waals surface area contributed by atoms with Gasteiger partial charge in [0.15, 0.2) is 0 Å². The molecule has 0 radical (unpaired) electrons. The van der Waals surface area contributed by atoms with Gasteiger partial charge in [-0.3, -0.25) is 0 Å². The molecule has 2 unspecified atom stereocenters. The maximum absolute atomic E-state index is 6.12. The van der Waals surface area contributed by atoms with E-state index in [2.05, 4.69) is 65.1 Å². The van der Waals surface area contributed by atoms with Crippen molar-refractivity contribution >= 4 is 0 Å². The van der Waals surface area contributed by atoms with Crippen molar-refractivity contribution in [2.24, 2.45) is 0 Å². The molecule has 2 nitrogen and oxygen atoms in total. The first-order chi connectivity index (χ1) is 9.48. The zero-order chi connectivity index (χ0) is 15.2. The van der Waals surface area contributed by atoms with E-state index in [1.54, 1.807) is 0 Å². The van der Waals surface area contributed by atoms with E-state index in [4.69, 9.17) is 4.74 Å². The van der Waals surface area contributed by atoms with Crippen LogP contribution < -0.4 is 5.32 Å². The van der Waals surface area contributed by atoms with E-state index < -0.39 is 0 Å². The van der Waals surface area contributed by atoms with Crippen molar-refractivity contribution < 1.29 is 4.74 Å². The number of nitrogens with one attached hydrogen (secondary N) is 1. The predicted octanol–water partition coefficient (Wildman–Crippen LogP) is 4.55. The summed E-state index contributed by atoms with van der Waals surface area (Å²) in [6.07, 6.45) is 2.13. The van der Waals surface area contributed by atoms with Gasteiger partial charge in [-0.25, -0.2) is 0 Å². The average Bonchev–Trinajstić information content (AvgIpc) is 2.43. The molecule has 0 heterocycles. The van der Waals surface area contributed by atoms with Gasteiger partial charge in [-0.15, -0.1) is 0 Å². The number of hydrogen-bond donors (Lipinski definition) is 1. The van der Waals surface area contributed by atoms with E-state index in [1.807, 2.05) is 0 Å². The summed E-state index contributed by atoms with van der Waals surface area (Å²) >= 11 is 0. The monoisotopic (exact) mass is 277 g/mol. The number of ether oxygens (including phenoxy) is 1. The Kier molecular flexibility index (Phi) is 6.70. The molecule has 0 aliphatic rings. The zero-order valence-corrected chi connectivity index (χ0v) is 14.0. The third-order valence-corrected chi connectivity index (χ3v) is 4.13. The summed E-state index contributed by atoms with van der Waals surface area (Å²) < 4.78 is 6.12. The average molecular weight is 277 g/mol. The lowest BCUT2D eigenvalue weighted by Gasteiger charge is -2.38. The Bertz CT molecular complexity index is 416. The molecule has 0 fully saturated rings. The lowest BCUT2D eigenvalue weighted by molar-refractivity contribution is -0.0564. The summed E-state index contributed by atoms with van der Waals surface area (Å²) in [5, 5.41) is 3.71. The van der Waals surface area contributed by atoms with Crippen LogP contribution >= 0.6 is 0 Å². The van der Waals surface area contributed by atoms with Gasteiger partial charge in [0.2, 0.25) is 0 Å². The highest BCUT2D eigenvalue weighted by Crippen LogP contribution is 2.34. The van der Waals surface area contributed by atoms with E-state index in [1.165, 1.54) is 16.7 Å². The molecule has 1 aromatic rings. The maximum Gasteiger partial charge on any atom is 0.0845 e. The van der Waals surface area contributed by atoms with E-state index in [0.717, 1.165) is 26.0 Å². The van der Waals surface area contributed by atoms with Crippen LogP contribution in [0.4, 0.5) is 0 Å². The van der Waals surface area contributed by atoms with Crippen molar-refractivity contribution in [3.63, 3.8) is 0 Å². The van der Waals surface area contributed by atoms with Crippen LogP contribution in [-0.2, 0) is 4.74 Å². The van der Waals surface area contributed by atoms with Gasteiger partial charge < -0.3 is 10.1 Å². The molecule has 0 aliphatic heterocycles. The normalized spacial score (nSPS) is 15.9. The molecule has 1 N–H and O–H groups in total. The predicted molar refractivity (Wildman–Crippen MR) is 87.3 cm³/mol.